The Morgan fingerprint density at radius 2 is 1.57 bits per heavy atom. The number of ether oxygens (including phenoxy) is 3. The van der Waals surface area contributed by atoms with E-state index in [4.69, 9.17) is 14.2 Å². The van der Waals surface area contributed by atoms with Crippen molar-refractivity contribution < 1.29 is 14.2 Å². The van der Waals surface area contributed by atoms with Crippen LogP contribution in [0.4, 0.5) is 0 Å². The molecule has 0 aliphatic heterocycles. The highest BCUT2D eigenvalue weighted by atomic mass is 16.5. The molecule has 1 saturated carbocycles. The fourth-order valence-electron chi connectivity index (χ4n) is 3.09. The van der Waals surface area contributed by atoms with E-state index in [1.165, 1.54) is 25.7 Å². The van der Waals surface area contributed by atoms with Gasteiger partial charge in [-0.3, -0.25) is 0 Å². The standard InChI is InChI=1S/C17H27NO3/c1-12-7-5-6-8-14(12)18-11-13-9-16(20-3)17(21-4)10-15(13)19-2/h9-10,12,14,18H,5-8,11H2,1-4H3. The molecule has 118 valence electrons. The summed E-state index contributed by atoms with van der Waals surface area (Å²) in [5.74, 6) is 3.02. The van der Waals surface area contributed by atoms with Crippen molar-refractivity contribution in [2.24, 2.45) is 5.92 Å². The number of hydrogen-bond donors (Lipinski definition) is 1. The number of benzene rings is 1. The molecule has 2 rings (SSSR count). The Bertz CT molecular complexity index is 462. The quantitative estimate of drug-likeness (QED) is 0.873. The molecule has 1 fully saturated rings. The summed E-state index contributed by atoms with van der Waals surface area (Å²) >= 11 is 0. The van der Waals surface area contributed by atoms with Crippen molar-refractivity contribution in [2.75, 3.05) is 21.3 Å². The Labute approximate surface area is 127 Å². The molecule has 0 spiro atoms. The van der Waals surface area contributed by atoms with Gasteiger partial charge in [0.15, 0.2) is 11.5 Å². The first-order valence-electron chi connectivity index (χ1n) is 7.71. The lowest BCUT2D eigenvalue weighted by Crippen LogP contribution is -2.36. The van der Waals surface area contributed by atoms with Gasteiger partial charge in [0.25, 0.3) is 0 Å². The van der Waals surface area contributed by atoms with Crippen molar-refractivity contribution in [1.82, 2.24) is 5.32 Å². The van der Waals surface area contributed by atoms with Crippen molar-refractivity contribution in [3.8, 4) is 17.2 Å². The van der Waals surface area contributed by atoms with Crippen molar-refractivity contribution in [2.45, 2.75) is 45.2 Å². The second-order valence-corrected chi connectivity index (χ2v) is 5.77. The average Bonchev–Trinajstić information content (AvgIpc) is 2.53. The van der Waals surface area contributed by atoms with E-state index in [1.54, 1.807) is 21.3 Å². The van der Waals surface area contributed by atoms with Crippen LogP contribution in [0.15, 0.2) is 12.1 Å². The Kier molecular flexibility index (Phi) is 5.74. The lowest BCUT2D eigenvalue weighted by molar-refractivity contribution is 0.277. The van der Waals surface area contributed by atoms with E-state index >= 15 is 0 Å². The maximum Gasteiger partial charge on any atom is 0.164 e. The minimum atomic E-state index is 0.594. The summed E-state index contributed by atoms with van der Waals surface area (Å²) in [5, 5.41) is 3.67. The van der Waals surface area contributed by atoms with Gasteiger partial charge in [0.1, 0.15) is 5.75 Å². The number of methoxy groups -OCH3 is 3. The molecule has 1 aromatic carbocycles. The van der Waals surface area contributed by atoms with Crippen LogP contribution in [-0.2, 0) is 6.54 Å². The van der Waals surface area contributed by atoms with E-state index in [9.17, 15) is 0 Å². The fraction of sp³-hybridized carbons (Fsp3) is 0.647. The molecule has 1 N–H and O–H groups in total. The minimum absolute atomic E-state index is 0.594. The van der Waals surface area contributed by atoms with Gasteiger partial charge < -0.3 is 19.5 Å². The monoisotopic (exact) mass is 293 g/mol. The molecule has 0 heterocycles. The largest absolute Gasteiger partial charge is 0.496 e. The van der Waals surface area contributed by atoms with Crippen LogP contribution in [0.25, 0.3) is 0 Å². The highest BCUT2D eigenvalue weighted by molar-refractivity contribution is 5.50. The zero-order valence-electron chi connectivity index (χ0n) is 13.6. The molecule has 2 atom stereocenters. The minimum Gasteiger partial charge on any atom is -0.496 e. The molecule has 0 amide bonds. The molecule has 4 heteroatoms. The zero-order chi connectivity index (χ0) is 15.2. The molecular formula is C17H27NO3. The number of hydrogen-bond acceptors (Lipinski definition) is 4. The number of rotatable bonds is 6. The molecule has 21 heavy (non-hydrogen) atoms. The predicted molar refractivity (Wildman–Crippen MR) is 84.4 cm³/mol. The van der Waals surface area contributed by atoms with Crippen LogP contribution in [0, 0.1) is 5.92 Å². The van der Waals surface area contributed by atoms with E-state index < -0.39 is 0 Å². The SMILES string of the molecule is COc1cc(OC)c(OC)cc1CNC1CCCCC1C. The molecule has 0 aromatic heterocycles. The third-order valence-corrected chi connectivity index (χ3v) is 4.45. The molecular weight excluding hydrogens is 266 g/mol. The van der Waals surface area contributed by atoms with Gasteiger partial charge in [-0.25, -0.2) is 0 Å². The van der Waals surface area contributed by atoms with Crippen molar-refractivity contribution >= 4 is 0 Å². The van der Waals surface area contributed by atoms with E-state index in [0.717, 1.165) is 29.5 Å². The summed E-state index contributed by atoms with van der Waals surface area (Å²) in [6, 6.07) is 4.48. The molecule has 0 radical (unpaired) electrons. The highest BCUT2D eigenvalue weighted by Crippen LogP contribution is 2.35. The normalized spacial score (nSPS) is 21.9. The van der Waals surface area contributed by atoms with Gasteiger partial charge in [-0.1, -0.05) is 19.8 Å². The van der Waals surface area contributed by atoms with E-state index in [0.29, 0.717) is 11.8 Å². The van der Waals surface area contributed by atoms with Crippen LogP contribution in [-0.4, -0.2) is 27.4 Å². The van der Waals surface area contributed by atoms with Crippen LogP contribution >= 0.6 is 0 Å². The van der Waals surface area contributed by atoms with Gasteiger partial charge in [0.2, 0.25) is 0 Å². The molecule has 4 nitrogen and oxygen atoms in total. The second kappa shape index (κ2) is 7.55. The first-order chi connectivity index (χ1) is 10.2. The zero-order valence-corrected chi connectivity index (χ0v) is 13.6. The van der Waals surface area contributed by atoms with E-state index in [1.807, 2.05) is 12.1 Å². The van der Waals surface area contributed by atoms with Gasteiger partial charge in [-0.05, 0) is 24.8 Å². The van der Waals surface area contributed by atoms with Crippen LogP contribution in [0.3, 0.4) is 0 Å². The summed E-state index contributed by atoms with van der Waals surface area (Å²) in [4.78, 5) is 0. The smallest absolute Gasteiger partial charge is 0.164 e. The molecule has 1 aliphatic carbocycles. The van der Waals surface area contributed by atoms with Crippen molar-refractivity contribution in [1.29, 1.82) is 0 Å². The molecule has 0 bridgehead atoms. The Hall–Kier alpha value is -1.42. The molecule has 1 aromatic rings. The highest BCUT2D eigenvalue weighted by Gasteiger charge is 2.21. The Morgan fingerprint density at radius 1 is 0.952 bits per heavy atom. The summed E-state index contributed by atoms with van der Waals surface area (Å²) < 4.78 is 16.2. The Morgan fingerprint density at radius 3 is 2.19 bits per heavy atom. The predicted octanol–water partition coefficient (Wildman–Crippen LogP) is 3.38. The van der Waals surface area contributed by atoms with Gasteiger partial charge >= 0.3 is 0 Å². The van der Waals surface area contributed by atoms with Gasteiger partial charge in [-0.2, -0.15) is 0 Å². The summed E-state index contributed by atoms with van der Waals surface area (Å²) in [5.41, 5.74) is 1.10. The first kappa shape index (κ1) is 16.0. The van der Waals surface area contributed by atoms with E-state index in [-0.39, 0.29) is 0 Å². The van der Waals surface area contributed by atoms with Gasteiger partial charge in [0, 0.05) is 24.2 Å². The summed E-state index contributed by atoms with van der Waals surface area (Å²) in [6.45, 7) is 3.13. The molecule has 1 aliphatic rings. The third kappa shape index (κ3) is 3.82. The number of nitrogens with one attached hydrogen (secondary N) is 1. The van der Waals surface area contributed by atoms with Crippen LogP contribution in [0.5, 0.6) is 17.2 Å². The maximum absolute atomic E-state index is 5.48. The Balaban J connectivity index is 2.10. The summed E-state index contributed by atoms with van der Waals surface area (Å²) in [7, 11) is 4.98. The first-order valence-corrected chi connectivity index (χ1v) is 7.71. The van der Waals surface area contributed by atoms with Crippen LogP contribution in [0.2, 0.25) is 0 Å². The lowest BCUT2D eigenvalue weighted by Gasteiger charge is -2.30. The van der Waals surface area contributed by atoms with Crippen molar-refractivity contribution in [3.63, 3.8) is 0 Å². The van der Waals surface area contributed by atoms with Crippen LogP contribution < -0.4 is 19.5 Å². The van der Waals surface area contributed by atoms with Gasteiger partial charge in [0.05, 0.1) is 21.3 Å². The maximum atomic E-state index is 5.48. The third-order valence-electron chi connectivity index (χ3n) is 4.45. The van der Waals surface area contributed by atoms with Gasteiger partial charge in [-0.15, -0.1) is 0 Å². The molecule has 2 unspecified atom stereocenters. The average molecular weight is 293 g/mol. The summed E-state index contributed by atoms with van der Waals surface area (Å²) in [6.07, 6.45) is 5.27. The second-order valence-electron chi connectivity index (χ2n) is 5.77. The fourth-order valence-corrected chi connectivity index (χ4v) is 3.09. The molecule has 0 saturated heterocycles. The van der Waals surface area contributed by atoms with E-state index in [2.05, 4.69) is 12.2 Å². The topological polar surface area (TPSA) is 39.7 Å². The lowest BCUT2D eigenvalue weighted by atomic mass is 9.86. The van der Waals surface area contributed by atoms with Crippen molar-refractivity contribution in [3.05, 3.63) is 17.7 Å². The van der Waals surface area contributed by atoms with Crippen LogP contribution in [0.1, 0.15) is 38.2 Å².